The van der Waals surface area contributed by atoms with Crippen LogP contribution in [0, 0.1) is 5.92 Å². The number of hydrogen-bond donors (Lipinski definition) is 1. The van der Waals surface area contributed by atoms with Gasteiger partial charge in [-0.25, -0.2) is 0 Å². The van der Waals surface area contributed by atoms with Gasteiger partial charge in [-0.15, -0.1) is 0 Å². The van der Waals surface area contributed by atoms with E-state index in [-0.39, 0.29) is 0 Å². The minimum absolute atomic E-state index is 0.655. The van der Waals surface area contributed by atoms with E-state index in [1.54, 1.807) is 0 Å². The van der Waals surface area contributed by atoms with E-state index < -0.39 is 0 Å². The largest absolute Gasteiger partial charge is 0.382 e. The lowest BCUT2D eigenvalue weighted by Gasteiger charge is -2.39. The first kappa shape index (κ1) is 12.3. The monoisotopic (exact) mass is 226 g/mol. The zero-order chi connectivity index (χ0) is 11.4. The van der Waals surface area contributed by atoms with E-state index >= 15 is 0 Å². The lowest BCUT2D eigenvalue weighted by atomic mass is 10.1. The van der Waals surface area contributed by atoms with Gasteiger partial charge in [0.25, 0.3) is 0 Å². The van der Waals surface area contributed by atoms with Crippen LogP contribution in [-0.4, -0.2) is 49.8 Å². The molecule has 16 heavy (non-hydrogen) atoms. The fourth-order valence-corrected chi connectivity index (χ4v) is 2.72. The molecule has 2 unspecified atom stereocenters. The molecule has 0 aromatic heterocycles. The standard InChI is InChI=1S/C13H26N2O/c1-3-16-8-4-7-15-10-11(2)14-9-13(15)12-5-6-12/h11-14H,3-10H2,1-2H3. The molecule has 0 amide bonds. The summed E-state index contributed by atoms with van der Waals surface area (Å²) in [5.41, 5.74) is 0. The van der Waals surface area contributed by atoms with E-state index in [4.69, 9.17) is 4.74 Å². The Labute approximate surface area is 99.5 Å². The lowest BCUT2D eigenvalue weighted by Crippen LogP contribution is -2.56. The van der Waals surface area contributed by atoms with Crippen LogP contribution in [0.3, 0.4) is 0 Å². The molecule has 2 atom stereocenters. The number of ether oxygens (including phenoxy) is 1. The normalized spacial score (nSPS) is 31.9. The Morgan fingerprint density at radius 3 is 2.88 bits per heavy atom. The van der Waals surface area contributed by atoms with E-state index in [1.165, 1.54) is 38.9 Å². The van der Waals surface area contributed by atoms with E-state index in [1.807, 2.05) is 0 Å². The summed E-state index contributed by atoms with van der Waals surface area (Å²) in [5, 5.41) is 3.61. The number of rotatable bonds is 6. The fourth-order valence-electron chi connectivity index (χ4n) is 2.72. The molecule has 2 aliphatic rings. The van der Waals surface area contributed by atoms with Gasteiger partial charge in [0.15, 0.2) is 0 Å². The summed E-state index contributed by atoms with van der Waals surface area (Å²) >= 11 is 0. The smallest absolute Gasteiger partial charge is 0.0478 e. The second-order valence-corrected chi connectivity index (χ2v) is 5.26. The van der Waals surface area contributed by atoms with Crippen molar-refractivity contribution < 1.29 is 4.74 Å². The van der Waals surface area contributed by atoms with Crippen molar-refractivity contribution in [1.82, 2.24) is 10.2 Å². The number of nitrogens with zero attached hydrogens (tertiary/aromatic N) is 1. The fraction of sp³-hybridized carbons (Fsp3) is 1.00. The molecule has 3 heteroatoms. The van der Waals surface area contributed by atoms with Crippen molar-refractivity contribution in [1.29, 1.82) is 0 Å². The summed E-state index contributed by atoms with van der Waals surface area (Å²) in [5.74, 6) is 0.979. The van der Waals surface area contributed by atoms with Crippen LogP contribution in [0.5, 0.6) is 0 Å². The Morgan fingerprint density at radius 1 is 1.38 bits per heavy atom. The molecule has 2 fully saturated rings. The molecule has 0 aromatic carbocycles. The molecule has 1 saturated carbocycles. The van der Waals surface area contributed by atoms with Crippen molar-refractivity contribution in [2.75, 3.05) is 32.8 Å². The Kier molecular flexibility index (Phi) is 4.62. The molecule has 1 aliphatic carbocycles. The quantitative estimate of drug-likeness (QED) is 0.694. The van der Waals surface area contributed by atoms with Crippen molar-refractivity contribution in [2.45, 2.75) is 45.2 Å². The third-order valence-corrected chi connectivity index (χ3v) is 3.76. The maximum Gasteiger partial charge on any atom is 0.0478 e. The third kappa shape index (κ3) is 3.44. The molecular weight excluding hydrogens is 200 g/mol. The summed E-state index contributed by atoms with van der Waals surface area (Å²) in [6.45, 7) is 9.76. The van der Waals surface area contributed by atoms with Gasteiger partial charge in [0, 0.05) is 44.9 Å². The first-order chi connectivity index (χ1) is 7.81. The predicted molar refractivity (Wildman–Crippen MR) is 66.7 cm³/mol. The van der Waals surface area contributed by atoms with Crippen LogP contribution in [0.4, 0.5) is 0 Å². The van der Waals surface area contributed by atoms with E-state index in [0.717, 1.165) is 25.2 Å². The van der Waals surface area contributed by atoms with Crippen LogP contribution >= 0.6 is 0 Å². The van der Waals surface area contributed by atoms with Crippen LogP contribution in [0.15, 0.2) is 0 Å². The lowest BCUT2D eigenvalue weighted by molar-refractivity contribution is 0.0914. The van der Waals surface area contributed by atoms with Crippen molar-refractivity contribution in [3.05, 3.63) is 0 Å². The van der Waals surface area contributed by atoms with Gasteiger partial charge in [0.05, 0.1) is 0 Å². The molecule has 94 valence electrons. The van der Waals surface area contributed by atoms with E-state index in [9.17, 15) is 0 Å². The van der Waals surface area contributed by atoms with Crippen LogP contribution in [0.25, 0.3) is 0 Å². The summed E-state index contributed by atoms with van der Waals surface area (Å²) in [6, 6.07) is 1.46. The Hall–Kier alpha value is -0.120. The van der Waals surface area contributed by atoms with Crippen LogP contribution in [-0.2, 0) is 4.74 Å². The molecule has 1 N–H and O–H groups in total. The first-order valence-corrected chi connectivity index (χ1v) is 6.86. The van der Waals surface area contributed by atoms with E-state index in [2.05, 4.69) is 24.1 Å². The van der Waals surface area contributed by atoms with E-state index in [0.29, 0.717) is 6.04 Å². The third-order valence-electron chi connectivity index (χ3n) is 3.76. The summed E-state index contributed by atoms with van der Waals surface area (Å²) in [6.07, 6.45) is 4.08. The van der Waals surface area contributed by atoms with Gasteiger partial charge in [0.1, 0.15) is 0 Å². The molecule has 2 rings (SSSR count). The maximum absolute atomic E-state index is 5.42. The zero-order valence-corrected chi connectivity index (χ0v) is 10.7. The molecule has 0 spiro atoms. The molecule has 1 saturated heterocycles. The summed E-state index contributed by atoms with van der Waals surface area (Å²) in [7, 11) is 0. The van der Waals surface area contributed by atoms with Crippen LogP contribution in [0.2, 0.25) is 0 Å². The van der Waals surface area contributed by atoms with Gasteiger partial charge >= 0.3 is 0 Å². The Morgan fingerprint density at radius 2 is 2.19 bits per heavy atom. The molecule has 3 nitrogen and oxygen atoms in total. The molecule has 0 aromatic rings. The topological polar surface area (TPSA) is 24.5 Å². The average Bonchev–Trinajstić information content (AvgIpc) is 3.08. The minimum Gasteiger partial charge on any atom is -0.382 e. The SMILES string of the molecule is CCOCCCN1CC(C)NCC1C1CC1. The molecule has 0 bridgehead atoms. The molecule has 1 aliphatic heterocycles. The van der Waals surface area contributed by atoms with Crippen LogP contribution in [0.1, 0.15) is 33.1 Å². The van der Waals surface area contributed by atoms with Gasteiger partial charge in [-0.1, -0.05) is 0 Å². The van der Waals surface area contributed by atoms with Gasteiger partial charge in [-0.05, 0) is 39.0 Å². The zero-order valence-electron chi connectivity index (χ0n) is 10.7. The predicted octanol–water partition coefficient (Wildman–Crippen LogP) is 1.49. The average molecular weight is 226 g/mol. The minimum atomic E-state index is 0.655. The maximum atomic E-state index is 5.42. The van der Waals surface area contributed by atoms with Crippen molar-refractivity contribution >= 4 is 0 Å². The first-order valence-electron chi connectivity index (χ1n) is 6.86. The summed E-state index contributed by atoms with van der Waals surface area (Å²) in [4.78, 5) is 2.69. The van der Waals surface area contributed by atoms with Gasteiger partial charge in [-0.3, -0.25) is 4.90 Å². The number of hydrogen-bond acceptors (Lipinski definition) is 3. The highest BCUT2D eigenvalue weighted by atomic mass is 16.5. The van der Waals surface area contributed by atoms with Gasteiger partial charge in [0.2, 0.25) is 0 Å². The van der Waals surface area contributed by atoms with Crippen LogP contribution < -0.4 is 5.32 Å². The number of piperazine rings is 1. The molecular formula is C13H26N2O. The Balaban J connectivity index is 1.73. The highest BCUT2D eigenvalue weighted by Gasteiger charge is 2.37. The highest BCUT2D eigenvalue weighted by Crippen LogP contribution is 2.36. The van der Waals surface area contributed by atoms with Crippen molar-refractivity contribution in [3.63, 3.8) is 0 Å². The molecule has 1 heterocycles. The highest BCUT2D eigenvalue weighted by molar-refractivity contribution is 4.94. The van der Waals surface area contributed by atoms with Crippen molar-refractivity contribution in [3.8, 4) is 0 Å². The summed E-state index contributed by atoms with van der Waals surface area (Å²) < 4.78 is 5.42. The molecule has 0 radical (unpaired) electrons. The Bertz CT molecular complexity index is 206. The second kappa shape index (κ2) is 5.99. The number of nitrogens with one attached hydrogen (secondary N) is 1. The van der Waals surface area contributed by atoms with Crippen molar-refractivity contribution in [2.24, 2.45) is 5.92 Å². The van der Waals surface area contributed by atoms with Gasteiger partial charge < -0.3 is 10.1 Å². The second-order valence-electron chi connectivity index (χ2n) is 5.26. The van der Waals surface area contributed by atoms with Gasteiger partial charge in [-0.2, -0.15) is 0 Å².